The van der Waals surface area contributed by atoms with Crippen LogP contribution in [0.2, 0.25) is 0 Å². The topological polar surface area (TPSA) is 299 Å². The van der Waals surface area contributed by atoms with Crippen molar-refractivity contribution in [3.8, 4) is 12.0 Å². The van der Waals surface area contributed by atoms with Crippen LogP contribution in [-0.4, -0.2) is 99.2 Å². The SMILES string of the molecule is COC(=O)c1ccccc1S(=O)(=O)NC(=O)Nc1nc(C)nc(OC)n1.COC(=O)c1sccc1S(=O)(=O)NC(=O)Nc1nc(C)nc(OC)n1. The lowest BCUT2D eigenvalue weighted by atomic mass is 10.2. The molecule has 25 heteroatoms. The minimum atomic E-state index is -4.36. The van der Waals surface area contributed by atoms with Crippen LogP contribution in [0.15, 0.2) is 45.5 Å². The largest absolute Gasteiger partial charge is 0.467 e. The Kier molecular flexibility index (Phi) is 13.1. The molecule has 0 bridgehead atoms. The molecule has 0 saturated carbocycles. The molecule has 4 aromatic rings. The summed E-state index contributed by atoms with van der Waals surface area (Å²) >= 11 is 0.872. The number of aromatic nitrogens is 6. The molecule has 4 amide bonds. The number of benzene rings is 1. The quantitative estimate of drug-likeness (QED) is 0.164. The highest BCUT2D eigenvalue weighted by Crippen LogP contribution is 2.23. The molecule has 0 aliphatic rings. The van der Waals surface area contributed by atoms with Gasteiger partial charge in [-0.3, -0.25) is 10.6 Å². The Balaban J connectivity index is 0.000000276. The van der Waals surface area contributed by atoms with E-state index in [0.29, 0.717) is 0 Å². The number of esters is 2. The van der Waals surface area contributed by atoms with Gasteiger partial charge in [-0.15, -0.1) is 11.3 Å². The fraction of sp³-hybridized carbons (Fsp3) is 0.231. The number of amides is 4. The van der Waals surface area contributed by atoms with Crippen LogP contribution in [0.4, 0.5) is 21.5 Å². The van der Waals surface area contributed by atoms with Gasteiger partial charge in [0.15, 0.2) is 0 Å². The molecule has 4 N–H and O–H groups in total. The number of nitrogens with zero attached hydrogens (tertiary/aromatic N) is 6. The van der Waals surface area contributed by atoms with Gasteiger partial charge in [-0.25, -0.2) is 45.5 Å². The van der Waals surface area contributed by atoms with Crippen molar-refractivity contribution in [2.24, 2.45) is 0 Å². The van der Waals surface area contributed by atoms with Gasteiger partial charge in [-0.1, -0.05) is 12.1 Å². The smallest absolute Gasteiger partial charge is 0.349 e. The summed E-state index contributed by atoms with van der Waals surface area (Å²) in [6.07, 6.45) is 0. The lowest BCUT2D eigenvalue weighted by Gasteiger charge is -2.11. The Bertz CT molecular complexity index is 2160. The Morgan fingerprint density at radius 1 is 0.627 bits per heavy atom. The van der Waals surface area contributed by atoms with E-state index in [1.54, 1.807) is 9.44 Å². The number of thiophene rings is 1. The third kappa shape index (κ3) is 10.7. The number of carbonyl (C=O) groups is 4. The summed E-state index contributed by atoms with van der Waals surface area (Å²) in [5.41, 5.74) is -0.215. The molecule has 0 atom stereocenters. The van der Waals surface area contributed by atoms with Gasteiger partial charge >= 0.3 is 36.0 Å². The van der Waals surface area contributed by atoms with E-state index in [1.807, 2.05) is 0 Å². The van der Waals surface area contributed by atoms with Crippen molar-refractivity contribution in [2.75, 3.05) is 39.1 Å². The van der Waals surface area contributed by atoms with E-state index in [9.17, 15) is 36.0 Å². The maximum Gasteiger partial charge on any atom is 0.349 e. The van der Waals surface area contributed by atoms with Crippen molar-refractivity contribution in [1.82, 2.24) is 39.3 Å². The average molecular weight is 769 g/mol. The average Bonchev–Trinajstić information content (AvgIpc) is 3.58. The first-order chi connectivity index (χ1) is 24.0. The molecule has 0 fully saturated rings. The maximum absolute atomic E-state index is 12.4. The van der Waals surface area contributed by atoms with Crippen LogP contribution < -0.4 is 29.6 Å². The highest BCUT2D eigenvalue weighted by Gasteiger charge is 2.27. The number of methoxy groups -OCH3 is 4. The van der Waals surface area contributed by atoms with Crippen LogP contribution >= 0.6 is 11.3 Å². The Hall–Kier alpha value is -6.08. The zero-order valence-corrected chi connectivity index (χ0v) is 29.7. The number of ether oxygens (including phenoxy) is 4. The number of nitrogens with one attached hydrogen (secondary N) is 4. The number of anilines is 2. The van der Waals surface area contributed by atoms with Gasteiger partial charge in [0, 0.05) is 0 Å². The normalized spacial score (nSPS) is 10.8. The van der Waals surface area contributed by atoms with Crippen LogP contribution in [0.5, 0.6) is 12.0 Å². The Labute approximate surface area is 293 Å². The van der Waals surface area contributed by atoms with E-state index in [2.05, 4.69) is 50.0 Å². The molecule has 22 nitrogen and oxygen atoms in total. The van der Waals surface area contributed by atoms with Gasteiger partial charge in [0.2, 0.25) is 11.9 Å². The minimum Gasteiger partial charge on any atom is -0.467 e. The summed E-state index contributed by atoms with van der Waals surface area (Å²) in [4.78, 5) is 69.2. The van der Waals surface area contributed by atoms with E-state index >= 15 is 0 Å². The van der Waals surface area contributed by atoms with E-state index in [0.717, 1.165) is 31.6 Å². The number of rotatable bonds is 10. The van der Waals surface area contributed by atoms with Gasteiger partial charge in [0.05, 0.1) is 34.0 Å². The third-order valence-electron chi connectivity index (χ3n) is 5.59. The molecule has 3 aromatic heterocycles. The van der Waals surface area contributed by atoms with Crippen molar-refractivity contribution in [3.63, 3.8) is 0 Å². The standard InChI is InChI=1S/C14H15N5O6S.C12H13N5O6S2/c1-8-15-12(18-14(16-8)25-3)17-13(21)19-26(22,23)10-7-5-4-6-9(10)11(20)24-2;1-6-13-10(16-12(14-6)23-3)15-11(19)17-25(20,21)7-4-5-24-8(7)9(18)22-2/h4-7H,1-3H3,(H2,15,16,17,18,19,21);4-5H,1-3H3,(H2,13,14,15,16,17,19). The van der Waals surface area contributed by atoms with Crippen molar-refractivity contribution in [1.29, 1.82) is 0 Å². The van der Waals surface area contributed by atoms with Crippen LogP contribution in [0.1, 0.15) is 31.7 Å². The molecule has 51 heavy (non-hydrogen) atoms. The van der Waals surface area contributed by atoms with Crippen molar-refractivity contribution >= 4 is 67.3 Å². The molecule has 4 rings (SSSR count). The highest BCUT2D eigenvalue weighted by molar-refractivity contribution is 7.90. The molecule has 0 saturated heterocycles. The first kappa shape index (κ1) is 39.4. The highest BCUT2D eigenvalue weighted by atomic mass is 32.2. The van der Waals surface area contributed by atoms with Crippen LogP contribution in [0, 0.1) is 13.8 Å². The maximum atomic E-state index is 12.4. The van der Waals surface area contributed by atoms with Crippen molar-refractivity contribution < 1.29 is 55.0 Å². The van der Waals surface area contributed by atoms with Crippen LogP contribution in [0.3, 0.4) is 0 Å². The van der Waals surface area contributed by atoms with E-state index in [1.165, 1.54) is 57.7 Å². The molecule has 0 spiro atoms. The second kappa shape index (κ2) is 17.0. The lowest BCUT2D eigenvalue weighted by Crippen LogP contribution is -2.35. The Morgan fingerprint density at radius 2 is 1.10 bits per heavy atom. The summed E-state index contributed by atoms with van der Waals surface area (Å²) in [6.45, 7) is 3.08. The monoisotopic (exact) mass is 768 g/mol. The number of hydrogen-bond donors (Lipinski definition) is 4. The number of sulfonamides is 2. The molecule has 3 heterocycles. The van der Waals surface area contributed by atoms with Crippen molar-refractivity contribution in [2.45, 2.75) is 23.6 Å². The number of aryl methyl sites for hydroxylation is 2. The van der Waals surface area contributed by atoms with Gasteiger partial charge in [-0.05, 0) is 37.4 Å². The zero-order valence-electron chi connectivity index (χ0n) is 27.3. The van der Waals surface area contributed by atoms with Crippen LogP contribution in [-0.2, 0) is 29.5 Å². The number of hydrogen-bond acceptors (Lipinski definition) is 19. The van der Waals surface area contributed by atoms with Gasteiger partial charge < -0.3 is 18.9 Å². The summed E-state index contributed by atoms with van der Waals surface area (Å²) in [7, 11) is -3.77. The zero-order chi connectivity index (χ0) is 37.9. The second-order valence-electron chi connectivity index (χ2n) is 9.10. The summed E-state index contributed by atoms with van der Waals surface area (Å²) in [5.74, 6) is -1.57. The van der Waals surface area contributed by atoms with Gasteiger partial charge in [-0.2, -0.15) is 29.9 Å². The number of carbonyl (C=O) groups excluding carboxylic acids is 4. The lowest BCUT2D eigenvalue weighted by molar-refractivity contribution is 0.0590. The van der Waals surface area contributed by atoms with E-state index < -0.39 is 48.9 Å². The predicted octanol–water partition coefficient (Wildman–Crippen LogP) is 1.03. The summed E-state index contributed by atoms with van der Waals surface area (Å²) in [6, 6.07) is 4.14. The molecular formula is C26H28N10O12S3. The first-order valence-corrected chi connectivity index (χ1v) is 17.4. The fourth-order valence-corrected chi connectivity index (χ4v) is 6.89. The van der Waals surface area contributed by atoms with Gasteiger partial charge in [0.25, 0.3) is 20.0 Å². The third-order valence-corrected chi connectivity index (χ3v) is 9.38. The van der Waals surface area contributed by atoms with E-state index in [4.69, 9.17) is 9.47 Å². The van der Waals surface area contributed by atoms with E-state index in [-0.39, 0.29) is 50.9 Å². The molecule has 0 radical (unpaired) electrons. The second-order valence-corrected chi connectivity index (χ2v) is 13.3. The Morgan fingerprint density at radius 3 is 1.57 bits per heavy atom. The molecule has 0 aliphatic heterocycles. The predicted molar refractivity (Wildman–Crippen MR) is 174 cm³/mol. The van der Waals surface area contributed by atoms with Crippen molar-refractivity contribution in [3.05, 3.63) is 57.8 Å². The molecule has 0 unspecified atom stereocenters. The molecule has 0 aliphatic carbocycles. The van der Waals surface area contributed by atoms with Gasteiger partial charge in [0.1, 0.15) is 26.3 Å². The minimum absolute atomic E-state index is 0.0449. The summed E-state index contributed by atoms with van der Waals surface area (Å²) in [5, 5.41) is 5.70. The molecule has 272 valence electrons. The number of urea groups is 2. The summed E-state index contributed by atoms with van der Waals surface area (Å²) < 4.78 is 71.6. The molecule has 1 aromatic carbocycles. The molecular weight excluding hydrogens is 741 g/mol. The fourth-order valence-electron chi connectivity index (χ4n) is 3.55. The van der Waals surface area contributed by atoms with Crippen LogP contribution in [0.25, 0.3) is 0 Å². The first-order valence-electron chi connectivity index (χ1n) is 13.6.